The van der Waals surface area contributed by atoms with Crippen molar-refractivity contribution in [3.05, 3.63) is 105 Å². The number of hydrogen-bond acceptors (Lipinski definition) is 5. The van der Waals surface area contributed by atoms with Crippen LogP contribution in [0.2, 0.25) is 0 Å². The van der Waals surface area contributed by atoms with Gasteiger partial charge in [-0.2, -0.15) is 10.1 Å². The summed E-state index contributed by atoms with van der Waals surface area (Å²) < 4.78 is 6.24. The largest absolute Gasteiger partial charge is 0.497 e. The molecule has 1 amide bonds. The minimum absolute atomic E-state index is 0.207. The number of halogens is 1. The van der Waals surface area contributed by atoms with Crippen LogP contribution >= 0.6 is 27.3 Å². The molecule has 0 unspecified atom stereocenters. The van der Waals surface area contributed by atoms with Gasteiger partial charge in [0.15, 0.2) is 0 Å². The van der Waals surface area contributed by atoms with Gasteiger partial charge in [-0.3, -0.25) is 4.79 Å². The van der Waals surface area contributed by atoms with Crippen molar-refractivity contribution in [2.75, 3.05) is 12.1 Å². The third-order valence-corrected chi connectivity index (χ3v) is 6.51. The number of hydrazone groups is 1. The third-order valence-electron chi connectivity index (χ3n) is 5.17. The van der Waals surface area contributed by atoms with Crippen molar-refractivity contribution in [1.82, 2.24) is 4.98 Å². The van der Waals surface area contributed by atoms with E-state index in [1.807, 2.05) is 90.3 Å². The van der Waals surface area contributed by atoms with E-state index < -0.39 is 0 Å². The van der Waals surface area contributed by atoms with E-state index in [4.69, 9.17) is 9.72 Å². The molecular weight excluding hydrogens is 498 g/mol. The average molecular weight is 516 g/mol. The van der Waals surface area contributed by atoms with E-state index in [1.165, 1.54) is 16.3 Å². The highest BCUT2D eigenvalue weighted by Gasteiger charge is 2.33. The van der Waals surface area contributed by atoms with Crippen LogP contribution in [0.3, 0.4) is 0 Å². The molecule has 0 saturated heterocycles. The highest BCUT2D eigenvalue weighted by atomic mass is 79.9. The lowest BCUT2D eigenvalue weighted by Crippen LogP contribution is -2.21. The zero-order valence-corrected chi connectivity index (χ0v) is 20.0. The predicted molar refractivity (Wildman–Crippen MR) is 137 cm³/mol. The lowest BCUT2D eigenvalue weighted by atomic mass is 10.0. The van der Waals surface area contributed by atoms with Gasteiger partial charge in [0, 0.05) is 21.0 Å². The number of thiazole rings is 1. The molecular formula is C26H18BrN3O2S. The Morgan fingerprint density at radius 1 is 0.939 bits per heavy atom. The Kier molecular flexibility index (Phi) is 5.90. The second-order valence-electron chi connectivity index (χ2n) is 7.28. The highest BCUT2D eigenvalue weighted by Crippen LogP contribution is 2.33. The minimum Gasteiger partial charge on any atom is -0.497 e. The van der Waals surface area contributed by atoms with Gasteiger partial charge in [0.1, 0.15) is 11.5 Å². The monoisotopic (exact) mass is 515 g/mol. The van der Waals surface area contributed by atoms with Crippen molar-refractivity contribution in [1.29, 1.82) is 0 Å². The van der Waals surface area contributed by atoms with E-state index in [9.17, 15) is 4.79 Å². The molecule has 5 nitrogen and oxygen atoms in total. The van der Waals surface area contributed by atoms with Gasteiger partial charge in [-0.05, 0) is 35.9 Å². The lowest BCUT2D eigenvalue weighted by molar-refractivity contribution is -0.114. The molecule has 4 aromatic rings. The maximum atomic E-state index is 13.5. The van der Waals surface area contributed by atoms with E-state index in [0.717, 1.165) is 32.6 Å². The number of hydrogen-bond donors (Lipinski definition) is 0. The van der Waals surface area contributed by atoms with Gasteiger partial charge in [0.2, 0.25) is 5.13 Å². The smallest absolute Gasteiger partial charge is 0.283 e. The topological polar surface area (TPSA) is 54.8 Å². The molecule has 5 rings (SSSR count). The molecule has 7 heteroatoms. The number of carbonyl (C=O) groups is 1. The summed E-state index contributed by atoms with van der Waals surface area (Å²) in [5.74, 6) is 0.554. The lowest BCUT2D eigenvalue weighted by Gasteiger charge is -2.07. The van der Waals surface area contributed by atoms with Gasteiger partial charge in [-0.1, -0.05) is 70.5 Å². The molecule has 0 radical (unpaired) electrons. The molecule has 0 saturated carbocycles. The molecule has 0 atom stereocenters. The van der Waals surface area contributed by atoms with Crippen LogP contribution in [0.4, 0.5) is 5.13 Å². The number of methoxy groups -OCH3 is 1. The van der Waals surface area contributed by atoms with Gasteiger partial charge in [0.05, 0.1) is 18.4 Å². The van der Waals surface area contributed by atoms with Crippen LogP contribution < -0.4 is 9.75 Å². The minimum atomic E-state index is -0.207. The van der Waals surface area contributed by atoms with Gasteiger partial charge >= 0.3 is 0 Å². The van der Waals surface area contributed by atoms with Crippen LogP contribution in [0.15, 0.2) is 99.4 Å². The molecule has 0 aliphatic carbocycles. The predicted octanol–water partition coefficient (Wildman–Crippen LogP) is 6.42. The molecule has 1 aliphatic heterocycles. The van der Waals surface area contributed by atoms with Gasteiger partial charge < -0.3 is 4.74 Å². The first-order valence-electron chi connectivity index (χ1n) is 10.2. The number of benzene rings is 3. The van der Waals surface area contributed by atoms with Crippen molar-refractivity contribution in [2.45, 2.75) is 0 Å². The first-order valence-corrected chi connectivity index (χ1v) is 11.9. The van der Waals surface area contributed by atoms with Crippen molar-refractivity contribution in [2.24, 2.45) is 5.10 Å². The second kappa shape index (κ2) is 9.13. The average Bonchev–Trinajstić information content (AvgIpc) is 3.46. The summed E-state index contributed by atoms with van der Waals surface area (Å²) in [6.07, 6.45) is 1.86. The molecule has 0 fully saturated rings. The van der Waals surface area contributed by atoms with Crippen LogP contribution in [0.5, 0.6) is 5.75 Å². The maximum absolute atomic E-state index is 13.5. The van der Waals surface area contributed by atoms with E-state index in [0.29, 0.717) is 16.4 Å². The van der Waals surface area contributed by atoms with Crippen molar-refractivity contribution in [3.63, 3.8) is 0 Å². The van der Waals surface area contributed by atoms with Gasteiger partial charge in [-0.25, -0.2) is 4.98 Å². The molecule has 0 N–H and O–H groups in total. The molecule has 2 heterocycles. The molecule has 1 aromatic heterocycles. The number of ether oxygens (including phenoxy) is 1. The van der Waals surface area contributed by atoms with E-state index in [2.05, 4.69) is 21.0 Å². The van der Waals surface area contributed by atoms with Crippen molar-refractivity contribution in [3.8, 4) is 17.0 Å². The van der Waals surface area contributed by atoms with Crippen LogP contribution in [-0.4, -0.2) is 23.7 Å². The van der Waals surface area contributed by atoms with E-state index in [1.54, 1.807) is 7.11 Å². The van der Waals surface area contributed by atoms with Crippen LogP contribution in [0.1, 0.15) is 11.1 Å². The molecule has 1 aliphatic rings. The zero-order chi connectivity index (χ0) is 22.8. The summed E-state index contributed by atoms with van der Waals surface area (Å²) in [4.78, 5) is 18.2. The van der Waals surface area contributed by atoms with Crippen LogP contribution in [0.25, 0.3) is 17.3 Å². The Labute approximate surface area is 203 Å². The Balaban J connectivity index is 1.54. The zero-order valence-electron chi connectivity index (χ0n) is 17.6. The van der Waals surface area contributed by atoms with Crippen molar-refractivity contribution >= 4 is 50.1 Å². The number of anilines is 1. The summed E-state index contributed by atoms with van der Waals surface area (Å²) in [7, 11) is 1.63. The molecule has 33 heavy (non-hydrogen) atoms. The summed E-state index contributed by atoms with van der Waals surface area (Å²) in [5.41, 5.74) is 4.69. The van der Waals surface area contributed by atoms with Crippen LogP contribution in [-0.2, 0) is 4.79 Å². The second-order valence-corrected chi connectivity index (χ2v) is 9.04. The number of carbonyl (C=O) groups excluding carboxylic acids is 1. The summed E-state index contributed by atoms with van der Waals surface area (Å²) in [6.45, 7) is 0. The molecule has 162 valence electrons. The van der Waals surface area contributed by atoms with E-state index in [-0.39, 0.29) is 5.91 Å². The Morgan fingerprint density at radius 2 is 1.67 bits per heavy atom. The summed E-state index contributed by atoms with van der Waals surface area (Å²) >= 11 is 4.85. The summed E-state index contributed by atoms with van der Waals surface area (Å²) in [5, 5.41) is 8.55. The molecule has 0 bridgehead atoms. The fraction of sp³-hybridized carbons (Fsp3) is 0.0385. The van der Waals surface area contributed by atoms with E-state index >= 15 is 0 Å². The number of aromatic nitrogens is 1. The number of amides is 1. The molecule has 3 aromatic carbocycles. The fourth-order valence-corrected chi connectivity index (χ4v) is 4.51. The van der Waals surface area contributed by atoms with Crippen molar-refractivity contribution < 1.29 is 9.53 Å². The normalized spacial score (nSPS) is 14.6. The summed E-state index contributed by atoms with van der Waals surface area (Å²) in [6, 6.07) is 25.2. The standard InChI is InChI=1S/C26H18BrN3O2S/c1-32-21-13-7-17(8-14-21)15-22-24(19-5-3-2-4-6-19)29-30(25(22)31)26-28-23(16-33-26)18-9-11-20(27)12-10-18/h2-16H,1H3/b22-15+. The first-order chi connectivity index (χ1) is 16.1. The SMILES string of the molecule is COc1ccc(/C=C2/C(=O)N(c3nc(-c4ccc(Br)cc4)cs3)N=C2c2ccccc2)cc1. The van der Waals surface area contributed by atoms with Gasteiger partial charge in [0.25, 0.3) is 5.91 Å². The van der Waals surface area contributed by atoms with Gasteiger partial charge in [-0.15, -0.1) is 11.3 Å². The quantitative estimate of drug-likeness (QED) is 0.288. The third kappa shape index (κ3) is 4.37. The number of rotatable bonds is 5. The molecule has 0 spiro atoms. The Bertz CT molecular complexity index is 1360. The first kappa shape index (κ1) is 21.3. The highest BCUT2D eigenvalue weighted by molar-refractivity contribution is 9.10. The fourth-order valence-electron chi connectivity index (χ4n) is 3.47. The maximum Gasteiger partial charge on any atom is 0.283 e. The number of nitrogens with zero attached hydrogens (tertiary/aromatic N) is 3. The Hall–Kier alpha value is -3.55. The Morgan fingerprint density at radius 3 is 2.36 bits per heavy atom. The van der Waals surface area contributed by atoms with Crippen LogP contribution in [0, 0.1) is 0 Å².